The predicted octanol–water partition coefficient (Wildman–Crippen LogP) is 2.87. The van der Waals surface area contributed by atoms with E-state index in [1.165, 1.54) is 11.8 Å². The maximum atomic E-state index is 5.96. The van der Waals surface area contributed by atoms with Crippen LogP contribution in [0.15, 0.2) is 34.4 Å². The fraction of sp³-hybridized carbons (Fsp3) is 0.167. The maximum Gasteiger partial charge on any atom is 0.224 e. The molecule has 5 nitrogen and oxygen atoms in total. The van der Waals surface area contributed by atoms with Crippen molar-refractivity contribution in [2.75, 3.05) is 0 Å². The first-order valence-electron chi connectivity index (χ1n) is 5.61. The minimum absolute atomic E-state index is 0.236. The van der Waals surface area contributed by atoms with Gasteiger partial charge in [-0.25, -0.2) is 9.97 Å². The Kier molecular flexibility index (Phi) is 3.12. The van der Waals surface area contributed by atoms with E-state index in [2.05, 4.69) is 20.2 Å². The van der Waals surface area contributed by atoms with Gasteiger partial charge in [0.05, 0.1) is 5.52 Å². The zero-order chi connectivity index (χ0) is 13.4. The summed E-state index contributed by atoms with van der Waals surface area (Å²) in [6, 6.07) is 7.75. The molecule has 0 saturated carbocycles. The second-order valence-electron chi connectivity index (χ2n) is 4.01. The third-order valence-corrected chi connectivity index (χ3v) is 3.99. The first-order chi connectivity index (χ1) is 9.15. The van der Waals surface area contributed by atoms with Crippen LogP contribution in [0.2, 0.25) is 5.28 Å². The zero-order valence-electron chi connectivity index (χ0n) is 10.3. The molecule has 0 aliphatic rings. The molecule has 0 N–H and O–H groups in total. The Morgan fingerprint density at radius 2 is 1.95 bits per heavy atom. The third kappa shape index (κ3) is 2.29. The van der Waals surface area contributed by atoms with Crippen LogP contribution in [0.4, 0.5) is 0 Å². The van der Waals surface area contributed by atoms with Crippen LogP contribution < -0.4 is 0 Å². The largest absolute Gasteiger partial charge is 0.309 e. The average molecular weight is 292 g/mol. The molecule has 2 aromatic heterocycles. The summed E-state index contributed by atoms with van der Waals surface area (Å²) in [5.41, 5.74) is 0.823. The monoisotopic (exact) mass is 291 g/mol. The van der Waals surface area contributed by atoms with Crippen LogP contribution in [-0.2, 0) is 7.05 Å². The van der Waals surface area contributed by atoms with Crippen LogP contribution in [0.3, 0.4) is 0 Å². The second kappa shape index (κ2) is 4.79. The van der Waals surface area contributed by atoms with Gasteiger partial charge in [-0.05, 0) is 36.4 Å². The molecule has 0 aliphatic heterocycles. The van der Waals surface area contributed by atoms with Gasteiger partial charge in [0, 0.05) is 12.4 Å². The number of halogens is 1. The number of rotatable bonds is 2. The lowest BCUT2D eigenvalue weighted by Crippen LogP contribution is -1.95. The van der Waals surface area contributed by atoms with Gasteiger partial charge in [-0.15, -0.1) is 10.2 Å². The molecule has 0 aliphatic carbocycles. The van der Waals surface area contributed by atoms with Crippen molar-refractivity contribution in [3.8, 4) is 0 Å². The maximum absolute atomic E-state index is 5.96. The van der Waals surface area contributed by atoms with E-state index in [4.69, 9.17) is 11.6 Å². The molecule has 0 saturated heterocycles. The fourth-order valence-corrected chi connectivity index (χ4v) is 2.83. The van der Waals surface area contributed by atoms with Gasteiger partial charge in [0.2, 0.25) is 5.28 Å². The summed E-state index contributed by atoms with van der Waals surface area (Å²) in [6.07, 6.45) is 0. The number of para-hydroxylation sites is 1. The van der Waals surface area contributed by atoms with Gasteiger partial charge in [-0.3, -0.25) is 0 Å². The highest BCUT2D eigenvalue weighted by Gasteiger charge is 2.12. The van der Waals surface area contributed by atoms with Crippen LogP contribution in [0.5, 0.6) is 0 Å². The number of benzene rings is 1. The topological polar surface area (TPSA) is 56.5 Å². The van der Waals surface area contributed by atoms with Crippen molar-refractivity contribution in [1.29, 1.82) is 0 Å². The summed E-state index contributed by atoms with van der Waals surface area (Å²) in [4.78, 5) is 8.49. The van der Waals surface area contributed by atoms with E-state index >= 15 is 0 Å². The summed E-state index contributed by atoms with van der Waals surface area (Å²) in [7, 11) is 1.92. The van der Waals surface area contributed by atoms with Crippen LogP contribution in [-0.4, -0.2) is 24.7 Å². The molecular formula is C12H10ClN5S. The fourth-order valence-electron chi connectivity index (χ4n) is 1.66. The van der Waals surface area contributed by atoms with Crippen molar-refractivity contribution in [2.45, 2.75) is 17.1 Å². The predicted molar refractivity (Wildman–Crippen MR) is 74.4 cm³/mol. The number of nitrogens with zero attached hydrogens (tertiary/aromatic N) is 5. The molecule has 0 bridgehead atoms. The second-order valence-corrected chi connectivity index (χ2v) is 5.30. The highest BCUT2D eigenvalue weighted by atomic mass is 35.5. The van der Waals surface area contributed by atoms with Crippen molar-refractivity contribution >= 4 is 34.3 Å². The minimum Gasteiger partial charge on any atom is -0.309 e. The molecule has 0 radical (unpaired) electrons. The Balaban J connectivity index is 2.12. The lowest BCUT2D eigenvalue weighted by Gasteiger charge is -2.05. The standard InChI is InChI=1S/C12H10ClN5S/c1-7-16-17-12(18(7)2)19-10-8-5-3-4-6-9(8)14-11(13)15-10/h3-6H,1-2H3. The molecule has 2 heterocycles. The number of aryl methyl sites for hydroxylation is 1. The Morgan fingerprint density at radius 1 is 1.16 bits per heavy atom. The molecule has 19 heavy (non-hydrogen) atoms. The molecule has 7 heteroatoms. The molecule has 0 spiro atoms. The first kappa shape index (κ1) is 12.4. The van der Waals surface area contributed by atoms with E-state index in [9.17, 15) is 0 Å². The van der Waals surface area contributed by atoms with E-state index in [-0.39, 0.29) is 5.28 Å². The molecule has 3 rings (SSSR count). The normalized spacial score (nSPS) is 11.1. The summed E-state index contributed by atoms with van der Waals surface area (Å²) in [5.74, 6) is 0.854. The SMILES string of the molecule is Cc1nnc(Sc2nc(Cl)nc3ccccc23)n1C. The first-order valence-corrected chi connectivity index (χ1v) is 6.81. The molecule has 0 amide bonds. The molecular weight excluding hydrogens is 282 g/mol. The number of fused-ring (bicyclic) bond motifs is 1. The lowest BCUT2D eigenvalue weighted by molar-refractivity contribution is 0.765. The van der Waals surface area contributed by atoms with Crippen molar-refractivity contribution < 1.29 is 0 Å². The van der Waals surface area contributed by atoms with Gasteiger partial charge in [0.15, 0.2) is 5.16 Å². The van der Waals surface area contributed by atoms with Gasteiger partial charge in [0.1, 0.15) is 10.9 Å². The van der Waals surface area contributed by atoms with Gasteiger partial charge in [0.25, 0.3) is 0 Å². The summed E-state index contributed by atoms with van der Waals surface area (Å²) >= 11 is 7.39. The zero-order valence-corrected chi connectivity index (χ0v) is 11.9. The summed E-state index contributed by atoms with van der Waals surface area (Å²) in [5, 5.41) is 10.9. The van der Waals surface area contributed by atoms with Crippen LogP contribution in [0.1, 0.15) is 5.82 Å². The molecule has 0 unspecified atom stereocenters. The highest BCUT2D eigenvalue weighted by molar-refractivity contribution is 7.99. The van der Waals surface area contributed by atoms with Crippen LogP contribution >= 0.6 is 23.4 Å². The van der Waals surface area contributed by atoms with Crippen LogP contribution in [0.25, 0.3) is 10.9 Å². The summed E-state index contributed by atoms with van der Waals surface area (Å²) in [6.45, 7) is 1.90. The van der Waals surface area contributed by atoms with Crippen LogP contribution in [0, 0.1) is 6.92 Å². The Morgan fingerprint density at radius 3 is 2.68 bits per heavy atom. The third-order valence-electron chi connectivity index (χ3n) is 2.78. The quantitative estimate of drug-likeness (QED) is 0.537. The van der Waals surface area contributed by atoms with Crippen molar-refractivity contribution in [3.63, 3.8) is 0 Å². The Hall–Kier alpha value is -1.66. The Bertz CT molecular complexity index is 755. The molecule has 0 fully saturated rings. The van der Waals surface area contributed by atoms with Gasteiger partial charge < -0.3 is 4.57 Å². The van der Waals surface area contributed by atoms with E-state index in [1.54, 1.807) is 0 Å². The van der Waals surface area contributed by atoms with E-state index in [0.717, 1.165) is 26.9 Å². The van der Waals surface area contributed by atoms with Crippen molar-refractivity contribution in [1.82, 2.24) is 24.7 Å². The molecule has 3 aromatic rings. The number of hydrogen-bond acceptors (Lipinski definition) is 5. The molecule has 0 atom stereocenters. The summed E-state index contributed by atoms with van der Waals surface area (Å²) < 4.78 is 1.91. The van der Waals surface area contributed by atoms with E-state index in [1.807, 2.05) is 42.8 Å². The van der Waals surface area contributed by atoms with E-state index in [0.29, 0.717) is 0 Å². The number of aromatic nitrogens is 5. The highest BCUT2D eigenvalue weighted by Crippen LogP contribution is 2.31. The van der Waals surface area contributed by atoms with E-state index < -0.39 is 0 Å². The molecule has 1 aromatic carbocycles. The lowest BCUT2D eigenvalue weighted by atomic mass is 10.2. The van der Waals surface area contributed by atoms with Crippen molar-refractivity contribution in [2.24, 2.45) is 7.05 Å². The molecule has 96 valence electrons. The van der Waals surface area contributed by atoms with Gasteiger partial charge >= 0.3 is 0 Å². The number of hydrogen-bond donors (Lipinski definition) is 0. The smallest absolute Gasteiger partial charge is 0.224 e. The van der Waals surface area contributed by atoms with Crippen molar-refractivity contribution in [3.05, 3.63) is 35.4 Å². The Labute approximate surface area is 119 Å². The minimum atomic E-state index is 0.236. The average Bonchev–Trinajstić information content (AvgIpc) is 2.70. The van der Waals surface area contributed by atoms with Gasteiger partial charge in [-0.1, -0.05) is 18.2 Å². The van der Waals surface area contributed by atoms with Gasteiger partial charge in [-0.2, -0.15) is 0 Å².